The van der Waals surface area contributed by atoms with Gasteiger partial charge in [-0.05, 0) is 38.6 Å². The van der Waals surface area contributed by atoms with E-state index in [0.29, 0.717) is 18.4 Å². The summed E-state index contributed by atoms with van der Waals surface area (Å²) >= 11 is 0. The van der Waals surface area contributed by atoms with Crippen LogP contribution in [0.25, 0.3) is 0 Å². The number of hydrogen-bond acceptors (Lipinski definition) is 3. The molecule has 0 spiro atoms. The Hall–Kier alpha value is -0.870. The van der Waals surface area contributed by atoms with Gasteiger partial charge in [-0.25, -0.2) is 0 Å². The zero-order valence-electron chi connectivity index (χ0n) is 11.3. The Morgan fingerprint density at radius 3 is 3.05 bits per heavy atom. The SMILES string of the molecule is O=C1C2CC(CN3CCCCC23)C2=CCCC(O)N12. The number of carbonyl (C=O) groups is 1. The Morgan fingerprint density at radius 2 is 2.16 bits per heavy atom. The summed E-state index contributed by atoms with van der Waals surface area (Å²) in [6.45, 7) is 2.24. The summed E-state index contributed by atoms with van der Waals surface area (Å²) < 4.78 is 0. The van der Waals surface area contributed by atoms with Crippen LogP contribution >= 0.6 is 0 Å². The lowest BCUT2D eigenvalue weighted by molar-refractivity contribution is -0.157. The highest BCUT2D eigenvalue weighted by molar-refractivity contribution is 5.83. The molecular formula is C15H22N2O2. The first-order valence-electron chi connectivity index (χ1n) is 7.71. The van der Waals surface area contributed by atoms with Crippen LogP contribution in [0.3, 0.4) is 0 Å². The summed E-state index contributed by atoms with van der Waals surface area (Å²) in [6, 6.07) is 0.438. The van der Waals surface area contributed by atoms with Crippen LogP contribution in [0.4, 0.5) is 0 Å². The van der Waals surface area contributed by atoms with Gasteiger partial charge in [0.1, 0.15) is 6.23 Å². The number of aliphatic hydroxyl groups excluding tert-OH is 1. The number of fused-ring (bicyclic) bond motifs is 6. The smallest absolute Gasteiger partial charge is 0.233 e. The summed E-state index contributed by atoms with van der Waals surface area (Å²) in [5.74, 6) is 0.780. The van der Waals surface area contributed by atoms with Crippen LogP contribution in [0.1, 0.15) is 38.5 Å². The first-order valence-corrected chi connectivity index (χ1v) is 7.71. The van der Waals surface area contributed by atoms with Crippen molar-refractivity contribution in [3.05, 3.63) is 11.8 Å². The number of carbonyl (C=O) groups excluding carboxylic acids is 1. The molecule has 1 amide bonds. The minimum atomic E-state index is -0.576. The molecule has 4 aliphatic rings. The highest BCUT2D eigenvalue weighted by atomic mass is 16.3. The standard InChI is InChI=1S/C15H22N2O2/c18-14-6-3-5-12-10-8-11(15(19)17(12)14)13-4-1-2-7-16(13)9-10/h5,10-11,13-14,18H,1-4,6-9H2. The topological polar surface area (TPSA) is 43.8 Å². The van der Waals surface area contributed by atoms with E-state index < -0.39 is 6.23 Å². The van der Waals surface area contributed by atoms with Gasteiger partial charge in [-0.3, -0.25) is 14.6 Å². The zero-order valence-corrected chi connectivity index (χ0v) is 11.3. The Balaban J connectivity index is 1.70. The molecule has 104 valence electrons. The van der Waals surface area contributed by atoms with Gasteiger partial charge in [0.05, 0.1) is 5.92 Å². The van der Waals surface area contributed by atoms with E-state index in [0.717, 1.165) is 38.0 Å². The Labute approximate surface area is 114 Å². The van der Waals surface area contributed by atoms with E-state index >= 15 is 0 Å². The molecule has 0 aromatic carbocycles. The molecule has 3 saturated heterocycles. The predicted molar refractivity (Wildman–Crippen MR) is 71.0 cm³/mol. The molecule has 4 atom stereocenters. The predicted octanol–water partition coefficient (Wildman–Crippen LogP) is 1.32. The maximum atomic E-state index is 12.7. The Morgan fingerprint density at radius 1 is 1.26 bits per heavy atom. The molecule has 4 rings (SSSR count). The molecule has 1 N–H and O–H groups in total. The van der Waals surface area contributed by atoms with Crippen molar-refractivity contribution in [2.75, 3.05) is 13.1 Å². The van der Waals surface area contributed by atoms with Crippen molar-refractivity contribution in [2.45, 2.75) is 50.8 Å². The number of amides is 1. The third-order valence-electron chi connectivity index (χ3n) is 5.45. The van der Waals surface area contributed by atoms with E-state index in [-0.39, 0.29) is 11.8 Å². The highest BCUT2D eigenvalue weighted by Gasteiger charge is 2.50. The van der Waals surface area contributed by atoms with Gasteiger partial charge in [0.25, 0.3) is 0 Å². The molecule has 0 saturated carbocycles. The van der Waals surface area contributed by atoms with Crippen molar-refractivity contribution in [3.8, 4) is 0 Å². The normalized spacial score (nSPS) is 42.5. The lowest BCUT2D eigenvalue weighted by Crippen LogP contribution is -2.62. The summed E-state index contributed by atoms with van der Waals surface area (Å²) in [7, 11) is 0. The van der Waals surface area contributed by atoms with Crippen LogP contribution in [0, 0.1) is 11.8 Å². The van der Waals surface area contributed by atoms with Crippen molar-refractivity contribution in [1.29, 1.82) is 0 Å². The molecule has 0 aromatic rings. The fourth-order valence-corrected chi connectivity index (χ4v) is 4.60. The quantitative estimate of drug-likeness (QED) is 0.716. The molecule has 0 aliphatic carbocycles. The van der Waals surface area contributed by atoms with E-state index in [1.54, 1.807) is 4.90 Å². The van der Waals surface area contributed by atoms with Crippen LogP contribution in [0.15, 0.2) is 11.8 Å². The lowest BCUT2D eigenvalue weighted by Gasteiger charge is -2.54. The Kier molecular flexibility index (Phi) is 2.71. The minimum absolute atomic E-state index is 0.129. The molecule has 4 heterocycles. The monoisotopic (exact) mass is 262 g/mol. The summed E-state index contributed by atoms with van der Waals surface area (Å²) in [5, 5.41) is 10.2. The van der Waals surface area contributed by atoms with Gasteiger partial charge in [-0.15, -0.1) is 0 Å². The fourth-order valence-electron chi connectivity index (χ4n) is 4.60. The molecule has 2 bridgehead atoms. The minimum Gasteiger partial charge on any atom is -0.373 e. The molecule has 0 radical (unpaired) electrons. The zero-order chi connectivity index (χ0) is 13.0. The average molecular weight is 262 g/mol. The summed E-state index contributed by atoms with van der Waals surface area (Å²) in [6.07, 6.45) is 7.91. The van der Waals surface area contributed by atoms with Crippen molar-refractivity contribution >= 4 is 5.91 Å². The van der Waals surface area contributed by atoms with Crippen LogP contribution in [0.5, 0.6) is 0 Å². The van der Waals surface area contributed by atoms with Gasteiger partial charge >= 0.3 is 0 Å². The summed E-state index contributed by atoms with van der Waals surface area (Å²) in [4.78, 5) is 17.0. The van der Waals surface area contributed by atoms with E-state index in [2.05, 4.69) is 11.0 Å². The fraction of sp³-hybridized carbons (Fsp3) is 0.800. The second-order valence-corrected chi connectivity index (χ2v) is 6.49. The number of piperidine rings is 3. The van der Waals surface area contributed by atoms with Crippen molar-refractivity contribution in [1.82, 2.24) is 9.80 Å². The molecule has 3 fully saturated rings. The first-order chi connectivity index (χ1) is 9.25. The van der Waals surface area contributed by atoms with E-state index in [1.807, 2.05) is 0 Å². The average Bonchev–Trinajstić information content (AvgIpc) is 2.44. The van der Waals surface area contributed by atoms with E-state index in [9.17, 15) is 9.90 Å². The molecule has 19 heavy (non-hydrogen) atoms. The van der Waals surface area contributed by atoms with E-state index in [4.69, 9.17) is 0 Å². The molecule has 4 heteroatoms. The van der Waals surface area contributed by atoms with Crippen LogP contribution in [0.2, 0.25) is 0 Å². The molecule has 4 aliphatic heterocycles. The third kappa shape index (κ3) is 1.69. The van der Waals surface area contributed by atoms with Gasteiger partial charge in [-0.1, -0.05) is 12.5 Å². The Bertz CT molecular complexity index is 434. The van der Waals surface area contributed by atoms with Gasteiger partial charge in [0.15, 0.2) is 0 Å². The number of nitrogens with zero attached hydrogens (tertiary/aromatic N) is 2. The maximum Gasteiger partial charge on any atom is 0.233 e. The van der Waals surface area contributed by atoms with Gasteiger partial charge in [-0.2, -0.15) is 0 Å². The van der Waals surface area contributed by atoms with Crippen LogP contribution in [-0.4, -0.2) is 46.2 Å². The van der Waals surface area contributed by atoms with Crippen LogP contribution in [-0.2, 0) is 4.79 Å². The lowest BCUT2D eigenvalue weighted by atomic mass is 9.73. The highest BCUT2D eigenvalue weighted by Crippen LogP contribution is 2.44. The van der Waals surface area contributed by atoms with Gasteiger partial charge in [0.2, 0.25) is 5.91 Å². The van der Waals surface area contributed by atoms with Gasteiger partial charge < -0.3 is 5.11 Å². The molecular weight excluding hydrogens is 240 g/mol. The summed E-state index contributed by atoms with van der Waals surface area (Å²) in [5.41, 5.74) is 1.11. The number of hydrogen-bond donors (Lipinski definition) is 1. The van der Waals surface area contributed by atoms with Crippen molar-refractivity contribution in [2.24, 2.45) is 11.8 Å². The largest absolute Gasteiger partial charge is 0.373 e. The molecule has 4 unspecified atom stereocenters. The number of allylic oxidation sites excluding steroid dienone is 1. The van der Waals surface area contributed by atoms with E-state index in [1.165, 1.54) is 12.8 Å². The molecule has 4 nitrogen and oxygen atoms in total. The van der Waals surface area contributed by atoms with Crippen molar-refractivity contribution < 1.29 is 9.90 Å². The maximum absolute atomic E-state index is 12.7. The molecule has 0 aromatic heterocycles. The van der Waals surface area contributed by atoms with Crippen LogP contribution < -0.4 is 0 Å². The second-order valence-electron chi connectivity index (χ2n) is 6.49. The third-order valence-corrected chi connectivity index (χ3v) is 5.45. The number of rotatable bonds is 0. The van der Waals surface area contributed by atoms with Crippen molar-refractivity contribution in [3.63, 3.8) is 0 Å². The van der Waals surface area contributed by atoms with Gasteiger partial charge in [0, 0.05) is 24.2 Å². The first kappa shape index (κ1) is 11.9. The second kappa shape index (κ2) is 4.32. The number of aliphatic hydroxyl groups is 1.